The third kappa shape index (κ3) is 1.75. The molecule has 3 N–H and O–H groups in total. The van der Waals surface area contributed by atoms with Gasteiger partial charge < -0.3 is 15.2 Å². The quantitative estimate of drug-likeness (QED) is 0.668. The van der Waals surface area contributed by atoms with Gasteiger partial charge in [-0.2, -0.15) is 0 Å². The van der Waals surface area contributed by atoms with E-state index < -0.39 is 0 Å². The Kier molecular flexibility index (Phi) is 2.75. The number of nitrogens with one attached hydrogen (secondary N) is 1. The summed E-state index contributed by atoms with van der Waals surface area (Å²) in [6.07, 6.45) is 0.607. The minimum Gasteiger partial charge on any atom is -0.508 e. The minimum atomic E-state index is -0.325. The monoisotopic (exact) mass is 270 g/mol. The summed E-state index contributed by atoms with van der Waals surface area (Å²) in [5, 5.41) is 19.8. The fourth-order valence-electron chi connectivity index (χ4n) is 2.37. The van der Waals surface area contributed by atoms with Crippen molar-refractivity contribution in [3.05, 3.63) is 52.4 Å². The van der Waals surface area contributed by atoms with Crippen LogP contribution in [0.1, 0.15) is 12.5 Å². The zero-order valence-electron chi connectivity index (χ0n) is 10.9. The van der Waals surface area contributed by atoms with Gasteiger partial charge in [0.2, 0.25) is 0 Å². The van der Waals surface area contributed by atoms with Gasteiger partial charge in [-0.05, 0) is 30.2 Å². The number of nitrogens with zero attached hydrogens (tertiary/aromatic N) is 1. The van der Waals surface area contributed by atoms with Crippen molar-refractivity contribution in [3.8, 4) is 17.2 Å². The number of aromatic nitrogens is 2. The second kappa shape index (κ2) is 4.45. The summed E-state index contributed by atoms with van der Waals surface area (Å²) < 4.78 is 1.41. The lowest BCUT2D eigenvalue weighted by atomic mass is 10.1. The summed E-state index contributed by atoms with van der Waals surface area (Å²) in [6.45, 7) is 1.90. The highest BCUT2D eigenvalue weighted by Crippen LogP contribution is 2.31. The largest absolute Gasteiger partial charge is 0.508 e. The second-order valence-electron chi connectivity index (χ2n) is 4.61. The third-order valence-electron chi connectivity index (χ3n) is 3.39. The van der Waals surface area contributed by atoms with Crippen molar-refractivity contribution in [3.63, 3.8) is 0 Å². The first kappa shape index (κ1) is 12.3. The van der Waals surface area contributed by atoms with Crippen molar-refractivity contribution in [2.24, 2.45) is 0 Å². The van der Waals surface area contributed by atoms with Crippen LogP contribution in [0.3, 0.4) is 0 Å². The molecule has 0 aliphatic rings. The second-order valence-corrected chi connectivity index (χ2v) is 4.61. The highest BCUT2D eigenvalue weighted by molar-refractivity contribution is 5.78. The number of phenolic OH excluding ortho intramolecular Hbond substituents is 2. The average Bonchev–Trinajstić information content (AvgIpc) is 2.75. The standard InChI is InChI=1S/C15H14N2O3/c1-2-9-7-12(14(19)8-13(9)18)17-11-6-4-3-5-10(11)16-15(17)20/h3-8,18-19H,2H2,1H3,(H,16,20). The van der Waals surface area contributed by atoms with Crippen molar-refractivity contribution in [1.82, 2.24) is 9.55 Å². The van der Waals surface area contributed by atoms with Crippen molar-refractivity contribution in [1.29, 1.82) is 0 Å². The lowest BCUT2D eigenvalue weighted by Crippen LogP contribution is -2.15. The van der Waals surface area contributed by atoms with E-state index in [-0.39, 0.29) is 17.2 Å². The highest BCUT2D eigenvalue weighted by atomic mass is 16.3. The number of hydrogen-bond acceptors (Lipinski definition) is 3. The number of rotatable bonds is 2. The molecule has 3 aromatic rings. The molecule has 0 saturated carbocycles. The average molecular weight is 270 g/mol. The molecule has 1 heterocycles. The van der Waals surface area contributed by atoms with Crippen LogP contribution in [0.5, 0.6) is 11.5 Å². The van der Waals surface area contributed by atoms with Gasteiger partial charge in [-0.25, -0.2) is 4.79 Å². The number of para-hydroxylation sites is 2. The molecule has 0 unspecified atom stereocenters. The molecule has 2 aromatic carbocycles. The van der Waals surface area contributed by atoms with Gasteiger partial charge in [0.15, 0.2) is 0 Å². The molecule has 20 heavy (non-hydrogen) atoms. The molecule has 0 saturated heterocycles. The van der Waals surface area contributed by atoms with Crippen LogP contribution in [0.4, 0.5) is 0 Å². The zero-order valence-corrected chi connectivity index (χ0v) is 10.9. The molecule has 0 radical (unpaired) electrons. The minimum absolute atomic E-state index is 0.0293. The first-order valence-electron chi connectivity index (χ1n) is 6.36. The van der Waals surface area contributed by atoms with Gasteiger partial charge in [0, 0.05) is 6.07 Å². The Labute approximate surface area is 114 Å². The number of phenols is 2. The summed E-state index contributed by atoms with van der Waals surface area (Å²) in [5.74, 6) is -0.104. The Morgan fingerprint density at radius 1 is 1.15 bits per heavy atom. The summed E-state index contributed by atoms with van der Waals surface area (Å²) >= 11 is 0. The molecule has 3 rings (SSSR count). The van der Waals surface area contributed by atoms with Crippen LogP contribution in [0, 0.1) is 0 Å². The number of H-pyrrole nitrogens is 1. The van der Waals surface area contributed by atoms with Gasteiger partial charge in [0.05, 0.1) is 16.7 Å². The van der Waals surface area contributed by atoms with Crippen LogP contribution in [0.15, 0.2) is 41.2 Å². The van der Waals surface area contributed by atoms with Crippen molar-refractivity contribution in [2.75, 3.05) is 0 Å². The summed E-state index contributed by atoms with van der Waals surface area (Å²) in [4.78, 5) is 14.8. The predicted molar refractivity (Wildman–Crippen MR) is 76.6 cm³/mol. The Bertz CT molecular complexity index is 846. The van der Waals surface area contributed by atoms with Crippen LogP contribution in [0.25, 0.3) is 16.7 Å². The van der Waals surface area contributed by atoms with E-state index in [2.05, 4.69) is 4.98 Å². The maximum absolute atomic E-state index is 12.1. The maximum atomic E-state index is 12.1. The van der Waals surface area contributed by atoms with E-state index >= 15 is 0 Å². The smallest absolute Gasteiger partial charge is 0.331 e. The molecule has 0 aliphatic heterocycles. The van der Waals surface area contributed by atoms with Gasteiger partial charge >= 0.3 is 5.69 Å². The topological polar surface area (TPSA) is 78.2 Å². The van der Waals surface area contributed by atoms with Crippen LogP contribution >= 0.6 is 0 Å². The Morgan fingerprint density at radius 3 is 2.65 bits per heavy atom. The lowest BCUT2D eigenvalue weighted by molar-refractivity contribution is 0.444. The highest BCUT2D eigenvalue weighted by Gasteiger charge is 2.14. The molecule has 0 fully saturated rings. The lowest BCUT2D eigenvalue weighted by Gasteiger charge is -2.10. The number of fused-ring (bicyclic) bond motifs is 1. The number of aromatic amines is 1. The van der Waals surface area contributed by atoms with Gasteiger partial charge in [-0.3, -0.25) is 4.57 Å². The van der Waals surface area contributed by atoms with Crippen LogP contribution in [-0.4, -0.2) is 19.8 Å². The van der Waals surface area contributed by atoms with E-state index in [4.69, 9.17) is 0 Å². The fraction of sp³-hybridized carbons (Fsp3) is 0.133. The molecule has 1 aromatic heterocycles. The maximum Gasteiger partial charge on any atom is 0.331 e. The number of benzene rings is 2. The number of aromatic hydroxyl groups is 2. The molecule has 0 amide bonds. The molecular weight excluding hydrogens is 256 g/mol. The van der Waals surface area contributed by atoms with Crippen LogP contribution < -0.4 is 5.69 Å². The van der Waals surface area contributed by atoms with Crippen molar-refractivity contribution < 1.29 is 10.2 Å². The van der Waals surface area contributed by atoms with Gasteiger partial charge in [-0.15, -0.1) is 0 Å². The number of hydrogen-bond donors (Lipinski definition) is 3. The van der Waals surface area contributed by atoms with Crippen molar-refractivity contribution >= 4 is 11.0 Å². The summed E-state index contributed by atoms with van der Waals surface area (Å²) in [5.41, 5.74) is 2.09. The van der Waals surface area contributed by atoms with Gasteiger partial charge in [0.1, 0.15) is 11.5 Å². The van der Waals surface area contributed by atoms with Crippen LogP contribution in [0.2, 0.25) is 0 Å². The fourth-order valence-corrected chi connectivity index (χ4v) is 2.37. The van der Waals surface area contributed by atoms with Crippen LogP contribution in [-0.2, 0) is 6.42 Å². The van der Waals surface area contributed by atoms with Gasteiger partial charge in [-0.1, -0.05) is 19.1 Å². The normalized spacial score (nSPS) is 11.1. The van der Waals surface area contributed by atoms with Crippen molar-refractivity contribution in [2.45, 2.75) is 13.3 Å². The summed E-state index contributed by atoms with van der Waals surface area (Å²) in [6, 6.07) is 10.1. The van der Waals surface area contributed by atoms with E-state index in [0.717, 1.165) is 0 Å². The van der Waals surface area contributed by atoms with E-state index in [0.29, 0.717) is 28.7 Å². The molecular formula is C15H14N2O3. The molecule has 102 valence electrons. The van der Waals surface area contributed by atoms with E-state index in [9.17, 15) is 15.0 Å². The molecule has 0 atom stereocenters. The predicted octanol–water partition coefficient (Wildman–Crippen LogP) is 2.29. The Morgan fingerprint density at radius 2 is 1.90 bits per heavy atom. The summed E-state index contributed by atoms with van der Waals surface area (Å²) in [7, 11) is 0. The number of aryl methyl sites for hydroxylation is 1. The first-order valence-corrected chi connectivity index (χ1v) is 6.36. The SMILES string of the molecule is CCc1cc(-n2c(=O)[nH]c3ccccc32)c(O)cc1O. The Hall–Kier alpha value is -2.69. The Balaban J connectivity index is 2.36. The molecule has 5 heteroatoms. The molecule has 0 spiro atoms. The molecule has 0 aliphatic carbocycles. The van der Waals surface area contributed by atoms with E-state index in [1.165, 1.54) is 10.6 Å². The van der Waals surface area contributed by atoms with E-state index in [1.54, 1.807) is 18.2 Å². The van der Waals surface area contributed by atoms with E-state index in [1.807, 2.05) is 19.1 Å². The molecule has 0 bridgehead atoms. The van der Waals surface area contributed by atoms with Gasteiger partial charge in [0.25, 0.3) is 0 Å². The number of imidazole rings is 1. The molecule has 5 nitrogen and oxygen atoms in total. The third-order valence-corrected chi connectivity index (χ3v) is 3.39. The first-order chi connectivity index (χ1) is 9.61. The zero-order chi connectivity index (χ0) is 14.3.